The maximum absolute atomic E-state index is 12.5. The lowest BCUT2D eigenvalue weighted by molar-refractivity contribution is -0.151. The molecule has 174 valence electrons. The van der Waals surface area contributed by atoms with Crippen LogP contribution in [0, 0.1) is 12.8 Å². The molecule has 3 aromatic rings. The molecular weight excluding hydrogens is 456 g/mol. The number of aryl methyl sites for hydroxylation is 1. The Bertz CT molecular complexity index is 1190. The van der Waals surface area contributed by atoms with Crippen molar-refractivity contribution in [1.29, 1.82) is 0 Å². The molecule has 1 aliphatic heterocycles. The first kappa shape index (κ1) is 23.3. The molecule has 2 amide bonds. The maximum atomic E-state index is 12.5. The number of para-hydroxylation sites is 1. The van der Waals surface area contributed by atoms with E-state index in [-0.39, 0.29) is 18.9 Å². The number of nitrogens with one attached hydrogen (secondary N) is 1. The second-order valence-electron chi connectivity index (χ2n) is 7.95. The number of esters is 1. The van der Waals surface area contributed by atoms with Crippen LogP contribution in [0.15, 0.2) is 72.8 Å². The summed E-state index contributed by atoms with van der Waals surface area (Å²) in [6, 6.07) is 21.5. The van der Waals surface area contributed by atoms with E-state index < -0.39 is 24.4 Å². The van der Waals surface area contributed by atoms with Crippen molar-refractivity contribution in [3.63, 3.8) is 0 Å². The number of hydrogen-bond donors (Lipinski definition) is 1. The van der Waals surface area contributed by atoms with Gasteiger partial charge in [-0.3, -0.25) is 14.4 Å². The van der Waals surface area contributed by atoms with Gasteiger partial charge in [0.2, 0.25) is 5.91 Å². The zero-order valence-corrected chi connectivity index (χ0v) is 19.2. The Hall–Kier alpha value is -3.84. The van der Waals surface area contributed by atoms with E-state index in [1.54, 1.807) is 48.5 Å². The van der Waals surface area contributed by atoms with E-state index in [0.29, 0.717) is 22.1 Å². The number of anilines is 2. The number of hydrogen-bond acceptors (Lipinski definition) is 5. The van der Waals surface area contributed by atoms with Gasteiger partial charge in [0, 0.05) is 18.7 Å². The van der Waals surface area contributed by atoms with Gasteiger partial charge in [-0.25, -0.2) is 0 Å². The Kier molecular flexibility index (Phi) is 7.13. The molecule has 1 atom stereocenters. The third-order valence-electron chi connectivity index (χ3n) is 5.36. The van der Waals surface area contributed by atoms with Crippen LogP contribution in [-0.2, 0) is 19.1 Å². The first-order chi connectivity index (χ1) is 16.4. The molecule has 0 unspecified atom stereocenters. The monoisotopic (exact) mass is 478 g/mol. The van der Waals surface area contributed by atoms with Crippen molar-refractivity contribution in [2.24, 2.45) is 5.92 Å². The van der Waals surface area contributed by atoms with Crippen LogP contribution >= 0.6 is 11.6 Å². The fraction of sp³-hybridized carbons (Fsp3) is 0.192. The van der Waals surface area contributed by atoms with Crippen LogP contribution in [-0.4, -0.2) is 30.9 Å². The van der Waals surface area contributed by atoms with Crippen molar-refractivity contribution in [1.82, 2.24) is 0 Å². The van der Waals surface area contributed by atoms with Crippen LogP contribution in [0.25, 0.3) is 0 Å². The Balaban J connectivity index is 1.29. The lowest BCUT2D eigenvalue weighted by atomic mass is 10.1. The number of amides is 2. The minimum absolute atomic E-state index is 0.0204. The van der Waals surface area contributed by atoms with Crippen molar-refractivity contribution in [3.8, 4) is 11.5 Å². The maximum Gasteiger partial charge on any atom is 0.311 e. The fourth-order valence-corrected chi connectivity index (χ4v) is 3.74. The molecular formula is C26H23ClN2O5. The zero-order valence-electron chi connectivity index (χ0n) is 18.5. The smallest absolute Gasteiger partial charge is 0.311 e. The van der Waals surface area contributed by atoms with Crippen LogP contribution in [0.3, 0.4) is 0 Å². The lowest BCUT2D eigenvalue weighted by Crippen LogP contribution is -2.28. The number of carbonyl (C=O) groups is 3. The molecule has 8 heteroatoms. The second kappa shape index (κ2) is 10.4. The quantitative estimate of drug-likeness (QED) is 0.484. The van der Waals surface area contributed by atoms with Crippen molar-refractivity contribution < 1.29 is 23.9 Å². The van der Waals surface area contributed by atoms with Crippen LogP contribution in [0.2, 0.25) is 5.02 Å². The first-order valence-electron chi connectivity index (χ1n) is 10.7. The zero-order chi connectivity index (χ0) is 24.1. The van der Waals surface area contributed by atoms with E-state index in [0.717, 1.165) is 11.3 Å². The fourth-order valence-electron chi connectivity index (χ4n) is 3.55. The average Bonchev–Trinajstić information content (AvgIpc) is 3.23. The van der Waals surface area contributed by atoms with Gasteiger partial charge in [0.25, 0.3) is 5.91 Å². The van der Waals surface area contributed by atoms with Crippen molar-refractivity contribution in [3.05, 3.63) is 83.4 Å². The molecule has 0 spiro atoms. The van der Waals surface area contributed by atoms with Gasteiger partial charge in [-0.15, -0.1) is 0 Å². The van der Waals surface area contributed by atoms with Crippen molar-refractivity contribution in [2.45, 2.75) is 13.3 Å². The molecule has 0 bridgehead atoms. The van der Waals surface area contributed by atoms with Gasteiger partial charge in [0.15, 0.2) is 6.61 Å². The Morgan fingerprint density at radius 3 is 2.32 bits per heavy atom. The summed E-state index contributed by atoms with van der Waals surface area (Å²) < 4.78 is 11.0. The van der Waals surface area contributed by atoms with E-state index in [1.807, 2.05) is 31.2 Å². The summed E-state index contributed by atoms with van der Waals surface area (Å²) in [5, 5.41) is 2.97. The molecule has 3 aromatic carbocycles. The molecule has 4 rings (SSSR count). The van der Waals surface area contributed by atoms with E-state index in [9.17, 15) is 14.4 Å². The van der Waals surface area contributed by atoms with E-state index in [4.69, 9.17) is 21.1 Å². The number of nitrogens with zero attached hydrogens (tertiary/aromatic N) is 1. The van der Waals surface area contributed by atoms with Crippen LogP contribution < -0.4 is 15.0 Å². The summed E-state index contributed by atoms with van der Waals surface area (Å²) in [6.07, 6.45) is 0.0204. The Morgan fingerprint density at radius 2 is 1.65 bits per heavy atom. The van der Waals surface area contributed by atoms with Gasteiger partial charge in [-0.05, 0) is 55.5 Å². The second-order valence-corrected chi connectivity index (χ2v) is 8.36. The summed E-state index contributed by atoms with van der Waals surface area (Å²) in [5.41, 5.74) is 2.24. The van der Waals surface area contributed by atoms with Crippen molar-refractivity contribution in [2.75, 3.05) is 23.4 Å². The van der Waals surface area contributed by atoms with Gasteiger partial charge in [0.1, 0.15) is 11.5 Å². The molecule has 7 nitrogen and oxygen atoms in total. The Labute approximate surface area is 202 Å². The van der Waals surface area contributed by atoms with Crippen LogP contribution in [0.4, 0.5) is 11.4 Å². The number of benzene rings is 3. The predicted molar refractivity (Wildman–Crippen MR) is 129 cm³/mol. The van der Waals surface area contributed by atoms with Gasteiger partial charge in [-0.1, -0.05) is 41.4 Å². The van der Waals surface area contributed by atoms with Gasteiger partial charge in [-0.2, -0.15) is 0 Å². The summed E-state index contributed by atoms with van der Waals surface area (Å²) in [7, 11) is 0. The standard InChI is InChI=1S/C26H23ClN2O5/c1-17-6-10-20(11-7-17)34-21-12-8-19(9-13-21)29-15-18(14-25(29)31)26(32)33-16-24(30)28-23-5-3-2-4-22(23)27/h2-13,18H,14-16H2,1H3,(H,28,30)/t18-/m0/s1. The molecule has 0 radical (unpaired) electrons. The predicted octanol–water partition coefficient (Wildman–Crippen LogP) is 4.98. The largest absolute Gasteiger partial charge is 0.457 e. The summed E-state index contributed by atoms with van der Waals surface area (Å²) in [4.78, 5) is 38.6. The average molecular weight is 479 g/mol. The van der Waals surface area contributed by atoms with Crippen molar-refractivity contribution >= 4 is 40.8 Å². The number of carbonyl (C=O) groups excluding carboxylic acids is 3. The molecule has 0 aromatic heterocycles. The van der Waals surface area contributed by atoms with E-state index >= 15 is 0 Å². The highest BCUT2D eigenvalue weighted by Gasteiger charge is 2.36. The number of rotatable bonds is 7. The minimum Gasteiger partial charge on any atom is -0.457 e. The molecule has 1 fully saturated rings. The van der Waals surface area contributed by atoms with Gasteiger partial charge in [0.05, 0.1) is 16.6 Å². The van der Waals surface area contributed by atoms with E-state index in [1.165, 1.54) is 4.90 Å². The number of halogens is 1. The molecule has 1 N–H and O–H groups in total. The molecule has 1 saturated heterocycles. The third kappa shape index (κ3) is 5.74. The van der Waals surface area contributed by atoms with E-state index in [2.05, 4.69) is 5.32 Å². The highest BCUT2D eigenvalue weighted by atomic mass is 35.5. The molecule has 0 saturated carbocycles. The molecule has 34 heavy (non-hydrogen) atoms. The summed E-state index contributed by atoms with van der Waals surface area (Å²) >= 11 is 6.01. The highest BCUT2D eigenvalue weighted by molar-refractivity contribution is 6.33. The normalized spacial score (nSPS) is 15.2. The number of ether oxygens (including phenoxy) is 2. The van der Waals surface area contributed by atoms with Gasteiger partial charge >= 0.3 is 5.97 Å². The SMILES string of the molecule is Cc1ccc(Oc2ccc(N3C[C@@H](C(=O)OCC(=O)Nc4ccccc4Cl)CC3=O)cc2)cc1. The van der Waals surface area contributed by atoms with Crippen LogP contribution in [0.5, 0.6) is 11.5 Å². The third-order valence-corrected chi connectivity index (χ3v) is 5.69. The molecule has 1 aliphatic rings. The molecule has 0 aliphatic carbocycles. The molecule has 1 heterocycles. The minimum atomic E-state index is -0.649. The first-order valence-corrected chi connectivity index (χ1v) is 11.1. The van der Waals surface area contributed by atoms with Crippen LogP contribution in [0.1, 0.15) is 12.0 Å². The summed E-state index contributed by atoms with van der Waals surface area (Å²) in [5.74, 6) is -0.577. The lowest BCUT2D eigenvalue weighted by Gasteiger charge is -2.17. The summed E-state index contributed by atoms with van der Waals surface area (Å²) in [6.45, 7) is 1.73. The topological polar surface area (TPSA) is 84.9 Å². The van der Waals surface area contributed by atoms with Gasteiger partial charge < -0.3 is 19.7 Å². The Morgan fingerprint density at radius 1 is 1.00 bits per heavy atom. The highest BCUT2D eigenvalue weighted by Crippen LogP contribution is 2.29.